The summed E-state index contributed by atoms with van der Waals surface area (Å²) in [6, 6.07) is 2.30. The number of nitrogens with one attached hydrogen (secondary N) is 2. The first-order valence-corrected chi connectivity index (χ1v) is 10.5. The topological polar surface area (TPSA) is 111 Å². The number of β-amino-alcohol motifs (C(OH)–C–C–N with tert-alkyl or cyclic N) is 1. The molecule has 0 bridgehead atoms. The van der Waals surface area contributed by atoms with E-state index in [9.17, 15) is 23.8 Å². The third-order valence-corrected chi connectivity index (χ3v) is 5.95. The van der Waals surface area contributed by atoms with Crippen molar-refractivity contribution in [3.63, 3.8) is 0 Å². The van der Waals surface area contributed by atoms with Crippen molar-refractivity contribution < 1.29 is 28.5 Å². The Kier molecular flexibility index (Phi) is 7.29. The van der Waals surface area contributed by atoms with E-state index < -0.39 is 41.4 Å². The molecule has 1 fully saturated rings. The summed E-state index contributed by atoms with van der Waals surface area (Å²) in [7, 11) is 1.49. The largest absolute Gasteiger partial charge is 0.391 e. The van der Waals surface area contributed by atoms with Crippen molar-refractivity contribution in [1.29, 1.82) is 0 Å². The van der Waals surface area contributed by atoms with E-state index in [4.69, 9.17) is 4.74 Å². The maximum absolute atomic E-state index is 14.3. The monoisotopic (exact) mass is 452 g/mol. The Morgan fingerprint density at radius 1 is 1.38 bits per heavy atom. The van der Waals surface area contributed by atoms with Gasteiger partial charge in [-0.2, -0.15) is 0 Å². The molecule has 0 radical (unpaired) electrons. The number of aromatic nitrogens is 2. The van der Waals surface area contributed by atoms with Gasteiger partial charge >= 0.3 is 0 Å². The first-order chi connectivity index (χ1) is 15.0. The fourth-order valence-corrected chi connectivity index (χ4v) is 4.00. The number of amides is 1. The summed E-state index contributed by atoms with van der Waals surface area (Å²) < 4.78 is 33.7. The van der Waals surface area contributed by atoms with Crippen LogP contribution in [-0.2, 0) is 9.53 Å². The normalized spacial score (nSPS) is 20.9. The Morgan fingerprint density at radius 2 is 2.09 bits per heavy atom. The molecule has 2 aromatic rings. The number of aromatic amines is 1. The Labute approximate surface area is 185 Å². The van der Waals surface area contributed by atoms with Crippen molar-refractivity contribution in [2.45, 2.75) is 44.6 Å². The average Bonchev–Trinajstić information content (AvgIpc) is 3.38. The van der Waals surface area contributed by atoms with Crippen LogP contribution >= 0.6 is 0 Å². The summed E-state index contributed by atoms with van der Waals surface area (Å²) in [5, 5.41) is 23.5. The van der Waals surface area contributed by atoms with Gasteiger partial charge < -0.3 is 30.2 Å². The van der Waals surface area contributed by atoms with Crippen LogP contribution in [0.1, 0.15) is 32.6 Å². The van der Waals surface area contributed by atoms with Crippen molar-refractivity contribution in [3.8, 4) is 11.3 Å². The average molecular weight is 453 g/mol. The van der Waals surface area contributed by atoms with Gasteiger partial charge in [-0.3, -0.25) is 4.79 Å². The molecule has 0 aliphatic carbocycles. The number of hydrogen-bond acceptors (Lipinski definition) is 6. The summed E-state index contributed by atoms with van der Waals surface area (Å²) in [6.45, 7) is 5.93. The molecular formula is C22H30F2N4O4. The van der Waals surface area contributed by atoms with E-state index in [0.29, 0.717) is 13.1 Å². The molecule has 1 amide bonds. The zero-order valence-corrected chi connectivity index (χ0v) is 18.6. The van der Waals surface area contributed by atoms with Gasteiger partial charge in [-0.25, -0.2) is 13.8 Å². The minimum absolute atomic E-state index is 0.00143. The number of hydrogen-bond donors (Lipinski definition) is 4. The molecule has 0 saturated carbocycles. The van der Waals surface area contributed by atoms with Gasteiger partial charge in [-0.05, 0) is 39.0 Å². The maximum Gasteiger partial charge on any atom is 0.251 e. The first kappa shape index (κ1) is 24.2. The van der Waals surface area contributed by atoms with Crippen LogP contribution in [0.25, 0.3) is 11.3 Å². The molecule has 3 rings (SSSR count). The number of methoxy groups -OCH3 is 1. The molecule has 1 aliphatic heterocycles. The summed E-state index contributed by atoms with van der Waals surface area (Å²) in [5.74, 6) is -1.76. The van der Waals surface area contributed by atoms with Gasteiger partial charge in [0.25, 0.3) is 5.91 Å². The van der Waals surface area contributed by atoms with Crippen LogP contribution in [0.2, 0.25) is 0 Å². The van der Waals surface area contributed by atoms with Gasteiger partial charge in [0.1, 0.15) is 29.6 Å². The second-order valence-corrected chi connectivity index (χ2v) is 8.67. The Balaban J connectivity index is 2.05. The van der Waals surface area contributed by atoms with Gasteiger partial charge in [0.2, 0.25) is 0 Å². The lowest BCUT2D eigenvalue weighted by Crippen LogP contribution is -2.52. The second-order valence-electron chi connectivity index (χ2n) is 8.67. The van der Waals surface area contributed by atoms with Crippen LogP contribution in [-0.4, -0.2) is 75.5 Å². The third-order valence-electron chi connectivity index (χ3n) is 5.95. The van der Waals surface area contributed by atoms with E-state index in [-0.39, 0.29) is 29.5 Å². The number of imidazole rings is 1. The molecule has 1 aromatic carbocycles. The molecule has 8 nitrogen and oxygen atoms in total. The van der Waals surface area contributed by atoms with Crippen molar-refractivity contribution in [1.82, 2.24) is 20.2 Å². The van der Waals surface area contributed by atoms with Gasteiger partial charge in [0.05, 0.1) is 23.6 Å². The zero-order chi connectivity index (χ0) is 23.6. The summed E-state index contributed by atoms with van der Waals surface area (Å²) in [5.41, 5.74) is -0.737. The molecule has 4 N–H and O–H groups in total. The number of H-pyrrole nitrogens is 1. The molecule has 1 aliphatic rings. The van der Waals surface area contributed by atoms with E-state index >= 15 is 0 Å². The summed E-state index contributed by atoms with van der Waals surface area (Å²) >= 11 is 0. The minimum Gasteiger partial charge on any atom is -0.391 e. The molecule has 10 heteroatoms. The third kappa shape index (κ3) is 4.98. The van der Waals surface area contributed by atoms with Crippen LogP contribution < -0.4 is 5.32 Å². The maximum atomic E-state index is 14.3. The number of rotatable bonds is 8. The lowest BCUT2D eigenvalue weighted by atomic mass is 9.93. The van der Waals surface area contributed by atoms with Crippen LogP contribution in [0.5, 0.6) is 0 Å². The SMILES string of the molecule is COC(C)(C)C(c1ncc(-c2cc(F)ccc2F)[nH]1)N(CC1CNCC1O)C(=O)C(C)O. The lowest BCUT2D eigenvalue weighted by molar-refractivity contribution is -0.151. The number of aliphatic hydroxyl groups excluding tert-OH is 2. The first-order valence-electron chi connectivity index (χ1n) is 10.5. The van der Waals surface area contributed by atoms with Gasteiger partial charge in [0, 0.05) is 38.2 Å². The van der Waals surface area contributed by atoms with Crippen LogP contribution in [0.4, 0.5) is 8.78 Å². The van der Waals surface area contributed by atoms with Crippen LogP contribution in [0, 0.1) is 17.6 Å². The quantitative estimate of drug-likeness (QED) is 0.484. The fraction of sp³-hybridized carbons (Fsp3) is 0.545. The highest BCUT2D eigenvalue weighted by molar-refractivity contribution is 5.81. The number of benzene rings is 1. The summed E-state index contributed by atoms with van der Waals surface area (Å²) in [4.78, 5) is 21.8. The van der Waals surface area contributed by atoms with Gasteiger partial charge in [-0.15, -0.1) is 0 Å². The number of halogens is 2. The number of carbonyl (C=O) groups excluding carboxylic acids is 1. The molecule has 4 unspecified atom stereocenters. The van der Waals surface area contributed by atoms with Crippen molar-refractivity contribution in [2.75, 3.05) is 26.7 Å². The predicted octanol–water partition coefficient (Wildman–Crippen LogP) is 1.61. The molecule has 4 atom stereocenters. The molecule has 176 valence electrons. The standard InChI is InChI=1S/C22H30F2N4O4/c1-12(29)21(31)28(11-13-8-25-10-18(13)30)19(22(2,3)32-4)20-26-9-17(27-20)15-7-14(23)5-6-16(15)24/h5-7,9,12-13,18-19,25,29-30H,8,10-11H2,1-4H3,(H,26,27). The van der Waals surface area contributed by atoms with Crippen LogP contribution in [0.3, 0.4) is 0 Å². The molecule has 1 saturated heterocycles. The number of ether oxygens (including phenoxy) is 1. The zero-order valence-electron chi connectivity index (χ0n) is 18.6. The second kappa shape index (κ2) is 9.62. The minimum atomic E-state index is -1.30. The number of nitrogens with zero attached hydrogens (tertiary/aromatic N) is 2. The van der Waals surface area contributed by atoms with E-state index in [2.05, 4.69) is 15.3 Å². The van der Waals surface area contributed by atoms with Crippen molar-refractivity contribution in [2.24, 2.45) is 5.92 Å². The number of carbonyl (C=O) groups is 1. The van der Waals surface area contributed by atoms with E-state index in [1.807, 2.05) is 0 Å². The molecule has 0 spiro atoms. The van der Waals surface area contributed by atoms with E-state index in [1.54, 1.807) is 13.8 Å². The highest BCUT2D eigenvalue weighted by atomic mass is 19.1. The highest BCUT2D eigenvalue weighted by Gasteiger charge is 2.43. The lowest BCUT2D eigenvalue weighted by Gasteiger charge is -2.42. The Bertz CT molecular complexity index is 950. The molecule has 2 heterocycles. The van der Waals surface area contributed by atoms with Gasteiger partial charge in [0.15, 0.2) is 0 Å². The van der Waals surface area contributed by atoms with Gasteiger partial charge in [-0.1, -0.05) is 0 Å². The predicted molar refractivity (Wildman–Crippen MR) is 114 cm³/mol. The molecule has 32 heavy (non-hydrogen) atoms. The molecular weight excluding hydrogens is 422 g/mol. The Hall–Kier alpha value is -2.40. The van der Waals surface area contributed by atoms with Crippen LogP contribution in [0.15, 0.2) is 24.4 Å². The number of aliphatic hydroxyl groups is 2. The van der Waals surface area contributed by atoms with E-state index in [0.717, 1.165) is 18.2 Å². The van der Waals surface area contributed by atoms with Crippen molar-refractivity contribution in [3.05, 3.63) is 41.9 Å². The molecule has 1 aromatic heterocycles. The smallest absolute Gasteiger partial charge is 0.251 e. The highest BCUT2D eigenvalue weighted by Crippen LogP contribution is 2.35. The Morgan fingerprint density at radius 3 is 2.69 bits per heavy atom. The van der Waals surface area contributed by atoms with E-state index in [1.165, 1.54) is 25.1 Å². The summed E-state index contributed by atoms with van der Waals surface area (Å²) in [6.07, 6.45) is -0.589. The van der Waals surface area contributed by atoms with Crippen molar-refractivity contribution >= 4 is 5.91 Å². The fourth-order valence-electron chi connectivity index (χ4n) is 4.00.